The molecule has 0 bridgehead atoms. The zero-order valence-electron chi connectivity index (χ0n) is 10.9. The van der Waals surface area contributed by atoms with Crippen molar-refractivity contribution in [2.24, 2.45) is 0 Å². The number of aliphatic hydroxyl groups is 1. The first kappa shape index (κ1) is 11.6. The first-order chi connectivity index (χ1) is 9.74. The van der Waals surface area contributed by atoms with Gasteiger partial charge in [0.2, 0.25) is 0 Å². The number of hydrogen-bond donors (Lipinski definition) is 3. The van der Waals surface area contributed by atoms with Crippen LogP contribution in [-0.4, -0.2) is 16.4 Å². The number of phenolic OH excluding ortho intramolecular Hbond substituents is 1. The molecule has 20 heavy (non-hydrogen) atoms. The number of nitrogens with one attached hydrogen (secondary N) is 1. The van der Waals surface area contributed by atoms with Crippen LogP contribution in [0.1, 0.15) is 12.0 Å². The van der Waals surface area contributed by atoms with Gasteiger partial charge in [0, 0.05) is 16.5 Å². The summed E-state index contributed by atoms with van der Waals surface area (Å²) in [4.78, 5) is 0. The third-order valence-electron chi connectivity index (χ3n) is 4.12. The minimum atomic E-state index is -0.479. The van der Waals surface area contributed by atoms with Crippen LogP contribution < -0.4 is 5.32 Å². The Labute approximate surface area is 116 Å². The number of aliphatic hydroxyl groups excluding tert-OH is 1. The van der Waals surface area contributed by atoms with E-state index in [-0.39, 0.29) is 0 Å². The van der Waals surface area contributed by atoms with Gasteiger partial charge in [-0.3, -0.25) is 0 Å². The van der Waals surface area contributed by atoms with Crippen molar-refractivity contribution in [3.8, 4) is 5.75 Å². The highest BCUT2D eigenvalue weighted by Gasteiger charge is 2.18. The summed E-state index contributed by atoms with van der Waals surface area (Å²) < 4.78 is 0. The van der Waals surface area contributed by atoms with E-state index in [0.717, 1.165) is 40.1 Å². The third kappa shape index (κ3) is 1.57. The second-order valence-electron chi connectivity index (χ2n) is 5.33. The first-order valence-corrected chi connectivity index (χ1v) is 6.85. The molecule has 1 atom stereocenters. The van der Waals surface area contributed by atoms with Gasteiger partial charge in [0.1, 0.15) is 12.0 Å². The van der Waals surface area contributed by atoms with Crippen LogP contribution in [-0.2, 0) is 6.42 Å². The number of benzene rings is 3. The van der Waals surface area contributed by atoms with Crippen LogP contribution in [0.15, 0.2) is 42.5 Å². The number of phenols is 1. The Morgan fingerprint density at radius 3 is 2.55 bits per heavy atom. The summed E-state index contributed by atoms with van der Waals surface area (Å²) >= 11 is 0. The quantitative estimate of drug-likeness (QED) is 0.546. The molecule has 0 amide bonds. The summed E-state index contributed by atoms with van der Waals surface area (Å²) in [5.41, 5.74) is 2.26. The van der Waals surface area contributed by atoms with Crippen LogP contribution in [0, 0.1) is 0 Å². The molecule has 3 aromatic carbocycles. The minimum absolute atomic E-state index is 0.301. The smallest absolute Gasteiger partial charge is 0.124 e. The van der Waals surface area contributed by atoms with Crippen molar-refractivity contribution < 1.29 is 10.2 Å². The molecule has 0 fully saturated rings. The third-order valence-corrected chi connectivity index (χ3v) is 4.12. The number of fused-ring (bicyclic) bond motifs is 5. The maximum Gasteiger partial charge on any atom is 0.124 e. The lowest BCUT2D eigenvalue weighted by Crippen LogP contribution is -2.24. The molecular weight excluding hydrogens is 250 g/mol. The van der Waals surface area contributed by atoms with Crippen molar-refractivity contribution in [2.45, 2.75) is 19.1 Å². The fraction of sp³-hybridized carbons (Fsp3) is 0.176. The van der Waals surface area contributed by atoms with Gasteiger partial charge in [-0.2, -0.15) is 0 Å². The average molecular weight is 265 g/mol. The Bertz CT molecular complexity index is 826. The predicted molar refractivity (Wildman–Crippen MR) is 81.1 cm³/mol. The molecular formula is C17H15NO2. The summed E-state index contributed by atoms with van der Waals surface area (Å²) in [6.07, 6.45) is 1.15. The van der Waals surface area contributed by atoms with Gasteiger partial charge in [-0.15, -0.1) is 0 Å². The highest BCUT2D eigenvalue weighted by molar-refractivity contribution is 6.13. The molecule has 3 heteroatoms. The van der Waals surface area contributed by atoms with Crippen molar-refractivity contribution in [2.75, 3.05) is 5.32 Å². The van der Waals surface area contributed by atoms with E-state index in [2.05, 4.69) is 17.4 Å². The summed E-state index contributed by atoms with van der Waals surface area (Å²) in [5.74, 6) is 0.301. The Balaban J connectivity index is 2.10. The molecule has 3 aromatic rings. The summed E-state index contributed by atoms with van der Waals surface area (Å²) in [6, 6.07) is 13.8. The van der Waals surface area contributed by atoms with Crippen LogP contribution in [0.3, 0.4) is 0 Å². The van der Waals surface area contributed by atoms with Crippen LogP contribution in [0.4, 0.5) is 5.69 Å². The largest absolute Gasteiger partial charge is 0.507 e. The Morgan fingerprint density at radius 2 is 1.65 bits per heavy atom. The number of rotatable bonds is 0. The van der Waals surface area contributed by atoms with Crippen molar-refractivity contribution in [1.82, 2.24) is 0 Å². The highest BCUT2D eigenvalue weighted by atomic mass is 16.3. The van der Waals surface area contributed by atoms with E-state index in [0.29, 0.717) is 5.75 Å². The van der Waals surface area contributed by atoms with E-state index in [1.54, 1.807) is 6.07 Å². The molecule has 0 aliphatic carbocycles. The van der Waals surface area contributed by atoms with Gasteiger partial charge in [-0.05, 0) is 41.3 Å². The molecule has 3 N–H and O–H groups in total. The lowest BCUT2D eigenvalue weighted by atomic mass is 9.94. The molecule has 1 aliphatic rings. The zero-order chi connectivity index (χ0) is 13.7. The number of aromatic hydroxyl groups is 1. The normalized spacial score (nSPS) is 17.9. The van der Waals surface area contributed by atoms with Crippen molar-refractivity contribution in [3.63, 3.8) is 0 Å². The second kappa shape index (κ2) is 4.12. The van der Waals surface area contributed by atoms with E-state index >= 15 is 0 Å². The maximum atomic E-state index is 9.96. The van der Waals surface area contributed by atoms with E-state index < -0.39 is 6.23 Å². The van der Waals surface area contributed by atoms with E-state index in [9.17, 15) is 10.2 Å². The Kier molecular flexibility index (Phi) is 2.38. The van der Waals surface area contributed by atoms with Gasteiger partial charge < -0.3 is 15.5 Å². The Hall–Kier alpha value is -2.26. The van der Waals surface area contributed by atoms with Crippen LogP contribution >= 0.6 is 0 Å². The fourth-order valence-electron chi connectivity index (χ4n) is 3.11. The first-order valence-electron chi connectivity index (χ1n) is 6.85. The fourth-order valence-corrected chi connectivity index (χ4v) is 3.11. The number of aryl methyl sites for hydroxylation is 1. The summed E-state index contributed by atoms with van der Waals surface area (Å²) in [5, 5.41) is 27.0. The lowest BCUT2D eigenvalue weighted by molar-refractivity contribution is 0.189. The molecule has 100 valence electrons. The minimum Gasteiger partial charge on any atom is -0.507 e. The SMILES string of the molecule is Oc1cccc2c1ccc1c3c(ccc12)CCC(O)N3. The second-order valence-corrected chi connectivity index (χ2v) is 5.33. The van der Waals surface area contributed by atoms with E-state index in [1.165, 1.54) is 5.56 Å². The van der Waals surface area contributed by atoms with Gasteiger partial charge >= 0.3 is 0 Å². The van der Waals surface area contributed by atoms with E-state index in [1.807, 2.05) is 24.3 Å². The molecule has 1 unspecified atom stereocenters. The van der Waals surface area contributed by atoms with Crippen molar-refractivity contribution in [1.29, 1.82) is 0 Å². The van der Waals surface area contributed by atoms with Gasteiger partial charge in [-0.1, -0.05) is 30.3 Å². The molecule has 0 spiro atoms. The molecule has 0 aromatic heterocycles. The molecule has 0 radical (unpaired) electrons. The molecule has 1 aliphatic heterocycles. The van der Waals surface area contributed by atoms with Crippen LogP contribution in [0.25, 0.3) is 21.5 Å². The van der Waals surface area contributed by atoms with Gasteiger partial charge in [0.15, 0.2) is 0 Å². The van der Waals surface area contributed by atoms with Gasteiger partial charge in [0.05, 0.1) is 0 Å². The molecule has 0 saturated carbocycles. The standard InChI is InChI=1S/C17H15NO2/c19-15-3-1-2-11-12-6-4-10-5-9-16(20)18-17(10)14(12)8-7-13(11)15/h1-4,6-8,16,18-20H,5,9H2. The van der Waals surface area contributed by atoms with Crippen LogP contribution in [0.2, 0.25) is 0 Å². The molecule has 4 rings (SSSR count). The molecule has 1 heterocycles. The number of hydrogen-bond acceptors (Lipinski definition) is 3. The van der Waals surface area contributed by atoms with Gasteiger partial charge in [0.25, 0.3) is 0 Å². The lowest BCUT2D eigenvalue weighted by Gasteiger charge is -2.25. The monoisotopic (exact) mass is 265 g/mol. The van der Waals surface area contributed by atoms with Crippen LogP contribution in [0.5, 0.6) is 5.75 Å². The zero-order valence-corrected chi connectivity index (χ0v) is 10.9. The summed E-state index contributed by atoms with van der Waals surface area (Å²) in [7, 11) is 0. The molecule has 3 nitrogen and oxygen atoms in total. The average Bonchev–Trinajstić information content (AvgIpc) is 2.47. The van der Waals surface area contributed by atoms with Crippen molar-refractivity contribution >= 4 is 27.2 Å². The number of anilines is 1. The highest BCUT2D eigenvalue weighted by Crippen LogP contribution is 2.37. The summed E-state index contributed by atoms with van der Waals surface area (Å²) in [6.45, 7) is 0. The predicted octanol–water partition coefficient (Wildman–Crippen LogP) is 3.38. The topological polar surface area (TPSA) is 52.5 Å². The van der Waals surface area contributed by atoms with Crippen molar-refractivity contribution in [3.05, 3.63) is 48.0 Å². The Morgan fingerprint density at radius 1 is 0.900 bits per heavy atom. The maximum absolute atomic E-state index is 9.96. The molecule has 0 saturated heterocycles. The van der Waals surface area contributed by atoms with Gasteiger partial charge in [-0.25, -0.2) is 0 Å². The van der Waals surface area contributed by atoms with E-state index in [4.69, 9.17) is 0 Å².